The van der Waals surface area contributed by atoms with Crippen molar-refractivity contribution in [3.8, 4) is 11.1 Å². The van der Waals surface area contributed by atoms with Gasteiger partial charge in [-0.05, 0) is 23.3 Å². The Morgan fingerprint density at radius 2 is 1.89 bits per heavy atom. The molecule has 0 saturated carbocycles. The number of hydrogen-bond donors (Lipinski definition) is 1. The van der Waals surface area contributed by atoms with Crippen molar-refractivity contribution in [3.05, 3.63) is 64.8 Å². The van der Waals surface area contributed by atoms with Crippen molar-refractivity contribution in [1.29, 1.82) is 0 Å². The van der Waals surface area contributed by atoms with Gasteiger partial charge in [-0.3, -0.25) is 14.9 Å². The molecule has 186 valence electrons. The van der Waals surface area contributed by atoms with Crippen molar-refractivity contribution in [2.24, 2.45) is 0 Å². The van der Waals surface area contributed by atoms with Gasteiger partial charge in [0, 0.05) is 18.2 Å². The number of nitrogens with zero attached hydrogens (tertiary/aromatic N) is 3. The van der Waals surface area contributed by atoms with Gasteiger partial charge in [0.15, 0.2) is 15.1 Å². The van der Waals surface area contributed by atoms with Crippen LogP contribution in [0.3, 0.4) is 0 Å². The Morgan fingerprint density at radius 3 is 2.53 bits per heavy atom. The monoisotopic (exact) mass is 550 g/mol. The van der Waals surface area contributed by atoms with Crippen LogP contribution in [-0.2, 0) is 21.1 Å². The maximum absolute atomic E-state index is 13.9. The van der Waals surface area contributed by atoms with Gasteiger partial charge < -0.3 is 4.42 Å². The average molecular weight is 551 g/mol. The van der Waals surface area contributed by atoms with E-state index < -0.39 is 37.9 Å². The molecular weight excluding hydrogens is 534 g/mol. The highest BCUT2D eigenvalue weighted by Gasteiger charge is 2.36. The summed E-state index contributed by atoms with van der Waals surface area (Å²) in [5, 5.41) is 7.22. The van der Waals surface area contributed by atoms with Gasteiger partial charge >= 0.3 is 0 Å². The SMILES string of the molecule is CS(=O)(=O)C(c1nnc(CC2SC(=O)NC2=O)o1)c1nc2cc(C(F)F)c(-c3ccccc3)cc2s1. The first-order valence-electron chi connectivity index (χ1n) is 10.4. The molecule has 2 aromatic carbocycles. The zero-order valence-electron chi connectivity index (χ0n) is 18.3. The highest BCUT2D eigenvalue weighted by Crippen LogP contribution is 2.40. The second-order valence-corrected chi connectivity index (χ2v) is 12.3. The first kappa shape index (κ1) is 24.5. The van der Waals surface area contributed by atoms with E-state index in [0.717, 1.165) is 29.4 Å². The highest BCUT2D eigenvalue weighted by atomic mass is 32.2. The maximum Gasteiger partial charge on any atom is 0.286 e. The first-order valence-corrected chi connectivity index (χ1v) is 14.1. The minimum atomic E-state index is -3.88. The number of benzene rings is 2. The molecule has 2 aromatic heterocycles. The number of carbonyl (C=O) groups excluding carboxylic acids is 2. The number of thioether (sulfide) groups is 1. The van der Waals surface area contributed by atoms with Gasteiger partial charge in [-0.2, -0.15) is 0 Å². The van der Waals surface area contributed by atoms with Crippen molar-refractivity contribution in [2.75, 3.05) is 6.26 Å². The third-order valence-electron chi connectivity index (χ3n) is 5.38. The number of rotatable bonds is 7. The predicted octanol–water partition coefficient (Wildman–Crippen LogP) is 4.31. The maximum atomic E-state index is 13.9. The van der Waals surface area contributed by atoms with Crippen LogP contribution < -0.4 is 5.32 Å². The average Bonchev–Trinajstić information content (AvgIpc) is 3.51. The van der Waals surface area contributed by atoms with Crippen LogP contribution >= 0.6 is 23.1 Å². The van der Waals surface area contributed by atoms with E-state index in [9.17, 15) is 26.8 Å². The van der Waals surface area contributed by atoms with E-state index in [1.807, 2.05) is 0 Å². The van der Waals surface area contributed by atoms with Crippen molar-refractivity contribution in [1.82, 2.24) is 20.5 Å². The second-order valence-electron chi connectivity index (χ2n) is 7.96. The number of alkyl halides is 2. The molecule has 1 N–H and O–H groups in total. The van der Waals surface area contributed by atoms with Crippen LogP contribution in [0.2, 0.25) is 0 Å². The molecular formula is C22H16F2N4O5S3. The van der Waals surface area contributed by atoms with Gasteiger partial charge in [-0.15, -0.1) is 21.5 Å². The third kappa shape index (κ3) is 4.75. The van der Waals surface area contributed by atoms with Crippen LogP contribution in [0.1, 0.15) is 34.0 Å². The van der Waals surface area contributed by atoms with Crippen LogP contribution in [0.4, 0.5) is 13.6 Å². The Bertz CT molecular complexity index is 1590. The molecule has 1 aliphatic rings. The Hall–Kier alpha value is -3.23. The Balaban J connectivity index is 1.54. The molecule has 0 bridgehead atoms. The summed E-state index contributed by atoms with van der Waals surface area (Å²) in [6.07, 6.45) is -1.85. The summed E-state index contributed by atoms with van der Waals surface area (Å²) < 4.78 is 59.3. The van der Waals surface area contributed by atoms with Crippen LogP contribution in [0.25, 0.3) is 21.3 Å². The van der Waals surface area contributed by atoms with Gasteiger partial charge in [0.05, 0.1) is 10.2 Å². The zero-order chi connectivity index (χ0) is 25.6. The Labute approximate surface area is 211 Å². The zero-order valence-corrected chi connectivity index (χ0v) is 20.8. The van der Waals surface area contributed by atoms with Crippen LogP contribution in [-0.4, -0.2) is 46.3 Å². The summed E-state index contributed by atoms with van der Waals surface area (Å²) in [7, 11) is -3.88. The fraction of sp³-hybridized carbons (Fsp3) is 0.227. The van der Waals surface area contributed by atoms with Crippen molar-refractivity contribution >= 4 is 54.3 Å². The lowest BCUT2D eigenvalue weighted by Gasteiger charge is -2.09. The first-order chi connectivity index (χ1) is 17.1. The number of halogens is 2. The topological polar surface area (TPSA) is 132 Å². The lowest BCUT2D eigenvalue weighted by molar-refractivity contribution is -0.119. The number of thiazole rings is 1. The number of fused-ring (bicyclic) bond motifs is 1. The molecule has 14 heteroatoms. The molecule has 0 spiro atoms. The molecule has 2 amide bonds. The van der Waals surface area contributed by atoms with Gasteiger partial charge in [0.2, 0.25) is 17.7 Å². The molecule has 3 heterocycles. The number of sulfone groups is 1. The fourth-order valence-corrected chi connectivity index (χ4v) is 7.10. The molecule has 9 nitrogen and oxygen atoms in total. The largest absolute Gasteiger partial charge is 0.423 e. The molecule has 2 unspecified atom stereocenters. The van der Waals surface area contributed by atoms with Crippen LogP contribution in [0.15, 0.2) is 46.9 Å². The van der Waals surface area contributed by atoms with Gasteiger partial charge in [-0.1, -0.05) is 42.1 Å². The van der Waals surface area contributed by atoms with Gasteiger partial charge in [0.1, 0.15) is 10.3 Å². The lowest BCUT2D eigenvalue weighted by atomic mass is 9.99. The van der Waals surface area contributed by atoms with E-state index in [1.165, 1.54) is 6.07 Å². The summed E-state index contributed by atoms with van der Waals surface area (Å²) in [5.74, 6) is -0.785. The summed E-state index contributed by atoms with van der Waals surface area (Å²) >= 11 is 1.80. The number of nitrogens with one attached hydrogen (secondary N) is 1. The number of carbonyl (C=O) groups is 2. The molecule has 0 radical (unpaired) electrons. The van der Waals surface area contributed by atoms with E-state index in [0.29, 0.717) is 15.8 Å². The number of imide groups is 1. The molecule has 1 fully saturated rings. The number of amides is 2. The minimum absolute atomic E-state index is 0.0199. The highest BCUT2D eigenvalue weighted by molar-refractivity contribution is 8.15. The number of hydrogen-bond acceptors (Lipinski definition) is 10. The molecule has 0 aliphatic carbocycles. The molecule has 4 aromatic rings. The smallest absolute Gasteiger partial charge is 0.286 e. The summed E-state index contributed by atoms with van der Waals surface area (Å²) in [4.78, 5) is 27.5. The Kier molecular flexibility index (Phi) is 6.34. The van der Waals surface area contributed by atoms with E-state index in [4.69, 9.17) is 4.42 Å². The number of aromatic nitrogens is 3. The van der Waals surface area contributed by atoms with Gasteiger partial charge in [0.25, 0.3) is 11.7 Å². The van der Waals surface area contributed by atoms with E-state index >= 15 is 0 Å². The quantitative estimate of drug-likeness (QED) is 0.357. The summed E-state index contributed by atoms with van der Waals surface area (Å²) in [6, 6.07) is 11.5. The van der Waals surface area contributed by atoms with E-state index in [1.54, 1.807) is 36.4 Å². The standard InChI is InChI=1S/C22H16F2N4O5S3/c1-36(31,32)17(20-28-27-16(33-20)9-15-19(29)26-22(30)35-15)21-25-13-7-12(18(23)24)11(8-14(13)34-21)10-5-3-2-4-6-10/h2-8,15,17-18H,9H2,1H3,(H,26,29,30). The van der Waals surface area contributed by atoms with Crippen molar-refractivity contribution in [2.45, 2.75) is 23.3 Å². The van der Waals surface area contributed by atoms with Crippen molar-refractivity contribution in [3.63, 3.8) is 0 Å². The molecule has 36 heavy (non-hydrogen) atoms. The second kappa shape index (κ2) is 9.33. The molecule has 1 saturated heterocycles. The molecule has 2 atom stereocenters. The predicted molar refractivity (Wildman–Crippen MR) is 130 cm³/mol. The lowest BCUT2D eigenvalue weighted by Crippen LogP contribution is -2.25. The molecule has 5 rings (SSSR count). The molecule has 1 aliphatic heterocycles. The van der Waals surface area contributed by atoms with E-state index in [2.05, 4.69) is 20.5 Å². The van der Waals surface area contributed by atoms with Crippen molar-refractivity contribution < 1.29 is 31.2 Å². The minimum Gasteiger partial charge on any atom is -0.423 e. The summed E-state index contributed by atoms with van der Waals surface area (Å²) in [5.41, 5.74) is 0.920. The van der Waals surface area contributed by atoms with Crippen LogP contribution in [0.5, 0.6) is 0 Å². The van der Waals surface area contributed by atoms with Crippen LogP contribution in [0, 0.1) is 0 Å². The fourth-order valence-electron chi connectivity index (χ4n) is 3.78. The summed E-state index contributed by atoms with van der Waals surface area (Å²) in [6.45, 7) is 0. The van der Waals surface area contributed by atoms with E-state index in [-0.39, 0.29) is 34.3 Å². The normalized spacial score (nSPS) is 17.2. The van der Waals surface area contributed by atoms with Gasteiger partial charge in [-0.25, -0.2) is 22.2 Å². The Morgan fingerprint density at radius 1 is 1.14 bits per heavy atom. The third-order valence-corrected chi connectivity index (χ3v) is 8.88.